The van der Waals surface area contributed by atoms with E-state index in [0.717, 1.165) is 65.9 Å². The summed E-state index contributed by atoms with van der Waals surface area (Å²) in [6.45, 7) is 3.12. The van der Waals surface area contributed by atoms with Crippen molar-refractivity contribution in [2.45, 2.75) is 43.1 Å². The average molecular weight is 469 g/mol. The van der Waals surface area contributed by atoms with Gasteiger partial charge in [0.2, 0.25) is 5.95 Å². The summed E-state index contributed by atoms with van der Waals surface area (Å²) in [7, 11) is 6.41. The molecule has 1 N–H and O–H groups in total. The van der Waals surface area contributed by atoms with Crippen LogP contribution in [0, 0.1) is 0 Å². The summed E-state index contributed by atoms with van der Waals surface area (Å²) in [4.78, 5) is 11.5. The molecule has 32 heavy (non-hydrogen) atoms. The van der Waals surface area contributed by atoms with Crippen LogP contribution in [0.3, 0.4) is 0 Å². The third-order valence-corrected chi connectivity index (χ3v) is 7.54. The molecule has 0 spiro atoms. The zero-order chi connectivity index (χ0) is 21.9. The van der Waals surface area contributed by atoms with Gasteiger partial charge in [0.15, 0.2) is 5.15 Å². The second-order valence-corrected chi connectivity index (χ2v) is 9.90. The first-order chi connectivity index (χ1) is 15.5. The van der Waals surface area contributed by atoms with Crippen molar-refractivity contribution in [1.82, 2.24) is 24.6 Å². The first-order valence-electron chi connectivity index (χ1n) is 11.1. The van der Waals surface area contributed by atoms with Gasteiger partial charge in [-0.3, -0.25) is 0 Å². The molecular weight excluding hydrogens is 446 g/mol. The number of hydrogen-bond acceptors (Lipinski definition) is 6. The molecular formula is C22H23BCl2N6O. The molecule has 0 amide bonds. The molecule has 6 rings (SSSR count). The van der Waals surface area contributed by atoms with Crippen LogP contribution < -0.4 is 5.32 Å². The van der Waals surface area contributed by atoms with E-state index in [0.29, 0.717) is 36.3 Å². The SMILES string of the molecule is [B]C1(N2CCC(c3cc4nc(Nc5cnn(C6CC6)c5Cl)ncc4cc3Cl)CC2)COC1. The fraction of sp³-hybridized carbons (Fsp3) is 0.500. The van der Waals surface area contributed by atoms with Gasteiger partial charge in [-0.2, -0.15) is 5.10 Å². The molecule has 2 aromatic heterocycles. The zero-order valence-electron chi connectivity index (χ0n) is 17.6. The molecule has 2 saturated heterocycles. The van der Waals surface area contributed by atoms with Gasteiger partial charge in [0, 0.05) is 22.0 Å². The summed E-state index contributed by atoms with van der Waals surface area (Å²) >= 11 is 13.1. The Bertz CT molecular complexity index is 1170. The standard InChI is InChI=1S/C22H23BCl2N6O/c23-22(11-32-12-22)30-5-3-13(4-6-30)16-8-18-14(7-17(16)24)9-26-21(28-18)29-19-10-27-31(20(19)25)15-1-2-15/h7-10,13,15H,1-6,11-12H2,(H,26,28,29). The van der Waals surface area contributed by atoms with Crippen LogP contribution in [0.25, 0.3) is 10.9 Å². The lowest BCUT2D eigenvalue weighted by atomic mass is 9.72. The number of nitrogens with zero attached hydrogens (tertiary/aromatic N) is 5. The van der Waals surface area contributed by atoms with E-state index >= 15 is 0 Å². The quantitative estimate of drug-likeness (QED) is 0.563. The molecule has 1 aromatic carbocycles. The maximum absolute atomic E-state index is 6.67. The zero-order valence-corrected chi connectivity index (χ0v) is 19.1. The minimum Gasteiger partial charge on any atom is -0.379 e. The number of nitrogens with one attached hydrogen (secondary N) is 1. The molecule has 0 atom stereocenters. The van der Waals surface area contributed by atoms with E-state index < -0.39 is 0 Å². The van der Waals surface area contributed by atoms with Crippen LogP contribution in [0.4, 0.5) is 11.6 Å². The van der Waals surface area contributed by atoms with Crippen LogP contribution in [0.5, 0.6) is 0 Å². The minimum atomic E-state index is -0.291. The average Bonchev–Trinajstić information content (AvgIpc) is 3.56. The lowest BCUT2D eigenvalue weighted by Gasteiger charge is -2.50. The van der Waals surface area contributed by atoms with Gasteiger partial charge in [-0.1, -0.05) is 23.2 Å². The van der Waals surface area contributed by atoms with Crippen molar-refractivity contribution in [3.05, 3.63) is 40.3 Å². The van der Waals surface area contributed by atoms with Crippen LogP contribution in [-0.4, -0.2) is 64.2 Å². The van der Waals surface area contributed by atoms with Gasteiger partial charge in [0.1, 0.15) is 7.85 Å². The molecule has 3 fully saturated rings. The maximum Gasteiger partial charge on any atom is 0.227 e. The first-order valence-corrected chi connectivity index (χ1v) is 11.8. The van der Waals surface area contributed by atoms with Crippen LogP contribution in [-0.2, 0) is 4.74 Å². The molecule has 3 aliphatic rings. The number of anilines is 2. The number of rotatable bonds is 5. The molecule has 1 aliphatic carbocycles. The molecule has 1 saturated carbocycles. The van der Waals surface area contributed by atoms with E-state index in [-0.39, 0.29) is 5.44 Å². The molecule has 3 aromatic rings. The van der Waals surface area contributed by atoms with Crippen molar-refractivity contribution >= 4 is 53.6 Å². The Labute approximate surface area is 197 Å². The lowest BCUT2D eigenvalue weighted by molar-refractivity contribution is -0.0983. The van der Waals surface area contributed by atoms with Gasteiger partial charge in [0.05, 0.1) is 36.7 Å². The summed E-state index contributed by atoms with van der Waals surface area (Å²) < 4.78 is 7.18. The number of fused-ring (bicyclic) bond motifs is 1. The smallest absolute Gasteiger partial charge is 0.227 e. The minimum absolute atomic E-state index is 0.291. The number of ether oxygens (including phenoxy) is 1. The summed E-state index contributed by atoms with van der Waals surface area (Å²) in [5, 5.41) is 9.87. The topological polar surface area (TPSA) is 68.1 Å². The Kier molecular flexibility index (Phi) is 5.10. The number of aromatic nitrogens is 4. The first kappa shape index (κ1) is 20.7. The van der Waals surface area contributed by atoms with E-state index in [1.165, 1.54) is 0 Å². The Balaban J connectivity index is 1.22. The van der Waals surface area contributed by atoms with E-state index in [1.54, 1.807) is 12.4 Å². The second-order valence-electron chi connectivity index (χ2n) is 9.13. The van der Waals surface area contributed by atoms with Gasteiger partial charge in [0.25, 0.3) is 0 Å². The second kappa shape index (κ2) is 7.87. The highest BCUT2D eigenvalue weighted by Crippen LogP contribution is 2.40. The Hall–Kier alpha value is -1.87. The predicted octanol–water partition coefficient (Wildman–Crippen LogP) is 4.29. The van der Waals surface area contributed by atoms with Crippen molar-refractivity contribution < 1.29 is 4.74 Å². The third kappa shape index (κ3) is 3.67. The van der Waals surface area contributed by atoms with Crippen molar-refractivity contribution in [2.75, 3.05) is 31.6 Å². The number of halogens is 2. The third-order valence-electron chi connectivity index (χ3n) is 6.84. The summed E-state index contributed by atoms with van der Waals surface area (Å²) in [6, 6.07) is 4.48. The molecule has 7 nitrogen and oxygen atoms in total. The summed E-state index contributed by atoms with van der Waals surface area (Å²) in [5.41, 5.74) is 2.42. The Morgan fingerprint density at radius 3 is 2.56 bits per heavy atom. The molecule has 2 aliphatic heterocycles. The van der Waals surface area contributed by atoms with E-state index in [4.69, 9.17) is 40.8 Å². The van der Waals surface area contributed by atoms with Crippen molar-refractivity contribution in [2.24, 2.45) is 0 Å². The normalized spacial score (nSPS) is 21.6. The van der Waals surface area contributed by atoms with E-state index in [2.05, 4.69) is 26.4 Å². The fourth-order valence-corrected chi connectivity index (χ4v) is 5.30. The van der Waals surface area contributed by atoms with Crippen molar-refractivity contribution in [3.8, 4) is 0 Å². The fourth-order valence-electron chi connectivity index (χ4n) is 4.70. The van der Waals surface area contributed by atoms with Crippen molar-refractivity contribution in [3.63, 3.8) is 0 Å². The predicted molar refractivity (Wildman–Crippen MR) is 126 cm³/mol. The Morgan fingerprint density at radius 1 is 1.09 bits per heavy atom. The Morgan fingerprint density at radius 2 is 1.88 bits per heavy atom. The van der Waals surface area contributed by atoms with Crippen LogP contribution in [0.15, 0.2) is 24.5 Å². The molecule has 164 valence electrons. The monoisotopic (exact) mass is 468 g/mol. The highest BCUT2D eigenvalue weighted by Gasteiger charge is 2.40. The van der Waals surface area contributed by atoms with Gasteiger partial charge >= 0.3 is 0 Å². The molecule has 0 bridgehead atoms. The molecule has 10 heteroatoms. The highest BCUT2D eigenvalue weighted by atomic mass is 35.5. The number of likely N-dealkylation sites (tertiary alicyclic amines) is 1. The number of piperidine rings is 1. The highest BCUT2D eigenvalue weighted by molar-refractivity contribution is 6.32. The van der Waals surface area contributed by atoms with Crippen LogP contribution in [0.1, 0.15) is 43.2 Å². The van der Waals surface area contributed by atoms with Crippen LogP contribution >= 0.6 is 23.2 Å². The van der Waals surface area contributed by atoms with Crippen LogP contribution in [0.2, 0.25) is 10.2 Å². The lowest BCUT2D eigenvalue weighted by Crippen LogP contribution is -2.64. The largest absolute Gasteiger partial charge is 0.379 e. The molecule has 2 radical (unpaired) electrons. The number of hydrogen-bond donors (Lipinski definition) is 1. The van der Waals surface area contributed by atoms with E-state index in [9.17, 15) is 0 Å². The number of benzene rings is 1. The van der Waals surface area contributed by atoms with Gasteiger partial charge in [-0.15, -0.1) is 0 Å². The van der Waals surface area contributed by atoms with Crippen molar-refractivity contribution in [1.29, 1.82) is 0 Å². The summed E-state index contributed by atoms with van der Waals surface area (Å²) in [6.07, 6.45) is 7.78. The van der Waals surface area contributed by atoms with E-state index in [1.807, 2.05) is 10.7 Å². The molecule has 4 heterocycles. The maximum atomic E-state index is 6.67. The summed E-state index contributed by atoms with van der Waals surface area (Å²) in [5.74, 6) is 0.873. The molecule has 0 unspecified atom stereocenters. The van der Waals surface area contributed by atoms with Gasteiger partial charge in [-0.25, -0.2) is 14.6 Å². The van der Waals surface area contributed by atoms with Gasteiger partial charge in [-0.05, 0) is 62.4 Å². The van der Waals surface area contributed by atoms with Gasteiger partial charge < -0.3 is 15.0 Å².